The van der Waals surface area contributed by atoms with Gasteiger partial charge in [-0.2, -0.15) is 0 Å². The molecule has 0 radical (unpaired) electrons. The molecule has 0 aromatic heterocycles. The average molecular weight is 452 g/mol. The van der Waals surface area contributed by atoms with Gasteiger partial charge in [-0.15, -0.1) is 0 Å². The van der Waals surface area contributed by atoms with Crippen LogP contribution in [0.15, 0.2) is 66.7 Å². The molecule has 2 aliphatic rings. The first kappa shape index (κ1) is 20.8. The van der Waals surface area contributed by atoms with Crippen LogP contribution < -0.4 is 15.4 Å². The molecule has 1 aliphatic carbocycles. The Morgan fingerprint density at radius 3 is 2.41 bits per heavy atom. The van der Waals surface area contributed by atoms with Crippen molar-refractivity contribution in [2.75, 3.05) is 18.4 Å². The van der Waals surface area contributed by atoms with Gasteiger partial charge in [0, 0.05) is 35.9 Å². The molecular weight excluding hydrogens is 429 g/mol. The van der Waals surface area contributed by atoms with Gasteiger partial charge in [-0.25, -0.2) is 9.18 Å². The maximum absolute atomic E-state index is 13.4. The Kier molecular flexibility index (Phi) is 5.72. The normalized spacial score (nSPS) is 17.6. The Bertz CT molecular complexity index is 1120. The number of amides is 2. The quantitative estimate of drug-likeness (QED) is 0.518. The highest BCUT2D eigenvalue weighted by molar-refractivity contribution is 6.30. The van der Waals surface area contributed by atoms with Crippen molar-refractivity contribution in [3.05, 3.63) is 88.7 Å². The minimum Gasteiger partial charge on any atom is -0.457 e. The van der Waals surface area contributed by atoms with Crippen LogP contribution in [-0.2, 0) is 6.42 Å². The van der Waals surface area contributed by atoms with E-state index in [4.69, 9.17) is 16.3 Å². The number of benzene rings is 3. The third-order valence-electron chi connectivity index (χ3n) is 5.94. The van der Waals surface area contributed by atoms with E-state index in [1.807, 2.05) is 30.3 Å². The van der Waals surface area contributed by atoms with Crippen molar-refractivity contribution in [3.8, 4) is 11.5 Å². The zero-order valence-electron chi connectivity index (χ0n) is 17.4. The molecule has 1 saturated heterocycles. The van der Waals surface area contributed by atoms with Gasteiger partial charge in [-0.3, -0.25) is 0 Å². The molecule has 2 N–H and O–H groups in total. The lowest BCUT2D eigenvalue weighted by atomic mass is 10.0. The topological polar surface area (TPSA) is 53.6 Å². The fourth-order valence-corrected chi connectivity index (χ4v) is 4.37. The Labute approximate surface area is 191 Å². The molecule has 1 aliphatic heterocycles. The molecular formula is C25H23ClFN3O2. The molecule has 1 heterocycles. The highest BCUT2D eigenvalue weighted by atomic mass is 35.5. The van der Waals surface area contributed by atoms with Crippen LogP contribution in [0.25, 0.3) is 0 Å². The average Bonchev–Trinajstić information content (AvgIpc) is 3.15. The number of ether oxygens (including phenoxy) is 1. The molecule has 1 unspecified atom stereocenters. The van der Waals surface area contributed by atoms with E-state index in [1.165, 1.54) is 11.6 Å². The highest BCUT2D eigenvalue weighted by Crippen LogP contribution is 2.32. The molecule has 0 saturated carbocycles. The van der Waals surface area contributed by atoms with E-state index in [-0.39, 0.29) is 23.9 Å². The van der Waals surface area contributed by atoms with Gasteiger partial charge in [0.1, 0.15) is 17.3 Å². The SMILES string of the molecule is O=C(Nc1ccc(Oc2ccc(Cl)cc2)cc1)N1CC(NC2CCc3cc(F)ccc32)C1. The van der Waals surface area contributed by atoms with Gasteiger partial charge < -0.3 is 20.3 Å². The number of rotatable bonds is 5. The van der Waals surface area contributed by atoms with Crippen molar-refractivity contribution in [1.82, 2.24) is 10.2 Å². The maximum Gasteiger partial charge on any atom is 0.321 e. The minimum absolute atomic E-state index is 0.122. The molecule has 0 bridgehead atoms. The summed E-state index contributed by atoms with van der Waals surface area (Å²) in [6, 6.07) is 19.8. The molecule has 1 atom stereocenters. The first-order chi connectivity index (χ1) is 15.5. The number of carbonyl (C=O) groups is 1. The van der Waals surface area contributed by atoms with Crippen molar-refractivity contribution in [2.24, 2.45) is 0 Å². The van der Waals surface area contributed by atoms with Gasteiger partial charge in [0.2, 0.25) is 0 Å². The zero-order valence-corrected chi connectivity index (χ0v) is 18.1. The smallest absolute Gasteiger partial charge is 0.321 e. The van der Waals surface area contributed by atoms with Crippen LogP contribution in [0, 0.1) is 5.82 Å². The number of aryl methyl sites for hydroxylation is 1. The van der Waals surface area contributed by atoms with Crippen LogP contribution in [0.2, 0.25) is 5.02 Å². The third-order valence-corrected chi connectivity index (χ3v) is 6.20. The lowest BCUT2D eigenvalue weighted by molar-refractivity contribution is 0.142. The number of nitrogens with one attached hydrogen (secondary N) is 2. The van der Waals surface area contributed by atoms with Crippen LogP contribution >= 0.6 is 11.6 Å². The van der Waals surface area contributed by atoms with Crippen molar-refractivity contribution in [2.45, 2.75) is 24.9 Å². The summed E-state index contributed by atoms with van der Waals surface area (Å²) in [6.45, 7) is 1.30. The van der Waals surface area contributed by atoms with E-state index in [0.29, 0.717) is 35.3 Å². The summed E-state index contributed by atoms with van der Waals surface area (Å²) in [5.74, 6) is 1.19. The van der Waals surface area contributed by atoms with Gasteiger partial charge in [0.25, 0.3) is 0 Å². The van der Waals surface area contributed by atoms with Crippen molar-refractivity contribution in [1.29, 1.82) is 0 Å². The predicted octanol–water partition coefficient (Wildman–Crippen LogP) is 5.76. The number of carbonyl (C=O) groups excluding carboxylic acids is 1. The van der Waals surface area contributed by atoms with E-state index < -0.39 is 0 Å². The summed E-state index contributed by atoms with van der Waals surface area (Å²) in [7, 11) is 0. The van der Waals surface area contributed by atoms with Crippen LogP contribution in [-0.4, -0.2) is 30.1 Å². The second-order valence-corrected chi connectivity index (χ2v) is 8.65. The molecule has 0 spiro atoms. The van der Waals surface area contributed by atoms with E-state index in [9.17, 15) is 9.18 Å². The van der Waals surface area contributed by atoms with Gasteiger partial charge in [0.05, 0.1) is 0 Å². The number of anilines is 1. The number of hydrogen-bond donors (Lipinski definition) is 2. The lowest BCUT2D eigenvalue weighted by Gasteiger charge is -2.41. The first-order valence-electron chi connectivity index (χ1n) is 10.7. The van der Waals surface area contributed by atoms with E-state index in [0.717, 1.165) is 18.4 Å². The Morgan fingerprint density at radius 2 is 1.69 bits per heavy atom. The fourth-order valence-electron chi connectivity index (χ4n) is 4.24. The van der Waals surface area contributed by atoms with Crippen molar-refractivity contribution in [3.63, 3.8) is 0 Å². The molecule has 3 aromatic rings. The van der Waals surface area contributed by atoms with Gasteiger partial charge in [0.15, 0.2) is 0 Å². The molecule has 164 valence electrons. The van der Waals surface area contributed by atoms with Crippen molar-refractivity contribution >= 4 is 23.3 Å². The molecule has 1 fully saturated rings. The van der Waals surface area contributed by atoms with Gasteiger partial charge in [-0.1, -0.05) is 17.7 Å². The molecule has 3 aromatic carbocycles. The number of fused-ring (bicyclic) bond motifs is 1. The Morgan fingerprint density at radius 1 is 1.00 bits per heavy atom. The number of urea groups is 1. The van der Waals surface area contributed by atoms with Crippen LogP contribution in [0.3, 0.4) is 0 Å². The molecule has 7 heteroatoms. The van der Waals surface area contributed by atoms with Gasteiger partial charge in [-0.05, 0) is 84.6 Å². The number of hydrogen-bond acceptors (Lipinski definition) is 3. The maximum atomic E-state index is 13.4. The summed E-state index contributed by atoms with van der Waals surface area (Å²) in [4.78, 5) is 14.3. The van der Waals surface area contributed by atoms with E-state index in [1.54, 1.807) is 35.2 Å². The second-order valence-electron chi connectivity index (χ2n) is 8.21. The minimum atomic E-state index is -0.180. The summed E-state index contributed by atoms with van der Waals surface area (Å²) < 4.78 is 19.2. The standard InChI is InChI=1S/C25H23ClFN3O2/c26-17-2-7-21(8-3-17)32-22-9-5-19(6-10-22)29-25(31)30-14-20(15-30)28-24-12-1-16-13-18(27)4-11-23(16)24/h2-11,13,20,24,28H,1,12,14-15H2,(H,29,31). The van der Waals surface area contributed by atoms with E-state index >= 15 is 0 Å². The molecule has 2 amide bonds. The molecule has 5 nitrogen and oxygen atoms in total. The molecule has 32 heavy (non-hydrogen) atoms. The van der Waals surface area contributed by atoms with E-state index in [2.05, 4.69) is 10.6 Å². The van der Waals surface area contributed by atoms with Crippen LogP contribution in [0.4, 0.5) is 14.9 Å². The lowest BCUT2D eigenvalue weighted by Crippen LogP contribution is -2.61. The summed E-state index contributed by atoms with van der Waals surface area (Å²) in [5, 5.41) is 7.18. The van der Waals surface area contributed by atoms with Gasteiger partial charge >= 0.3 is 6.03 Å². The zero-order chi connectivity index (χ0) is 22.1. The number of likely N-dealkylation sites (tertiary alicyclic amines) is 1. The second kappa shape index (κ2) is 8.81. The summed E-state index contributed by atoms with van der Waals surface area (Å²) in [5.41, 5.74) is 2.97. The largest absolute Gasteiger partial charge is 0.457 e. The first-order valence-corrected chi connectivity index (χ1v) is 11.0. The Hall–Kier alpha value is -3.09. The third kappa shape index (κ3) is 4.56. The monoisotopic (exact) mass is 451 g/mol. The highest BCUT2D eigenvalue weighted by Gasteiger charge is 2.34. The Balaban J connectivity index is 1.09. The predicted molar refractivity (Wildman–Crippen MR) is 123 cm³/mol. The van der Waals surface area contributed by atoms with Crippen LogP contribution in [0.5, 0.6) is 11.5 Å². The van der Waals surface area contributed by atoms with Crippen molar-refractivity contribution < 1.29 is 13.9 Å². The summed E-state index contributed by atoms with van der Waals surface area (Å²) >= 11 is 5.89. The van der Waals surface area contributed by atoms with Crippen LogP contribution in [0.1, 0.15) is 23.6 Å². The summed E-state index contributed by atoms with van der Waals surface area (Å²) in [6.07, 6.45) is 1.85. The number of nitrogens with zero attached hydrogens (tertiary/aromatic N) is 1. The number of halogens is 2. The fraction of sp³-hybridized carbons (Fsp3) is 0.240. The molecule has 5 rings (SSSR count).